The third-order valence-corrected chi connectivity index (χ3v) is 3.22. The lowest BCUT2D eigenvalue weighted by Gasteiger charge is -2.00. The number of benzene rings is 2. The molecule has 0 aliphatic heterocycles. The van der Waals surface area contributed by atoms with Crippen molar-refractivity contribution < 1.29 is 4.79 Å². The fourth-order valence-electron chi connectivity index (χ4n) is 2.01. The molecule has 1 nitrogen and oxygen atoms in total. The standard InChI is InChI=1S/C18H17ClO/c19-18(20)14-17-12-10-16(11-13-17)9-5-4-8-15-6-2-1-3-7-15/h1-7,10-13H,8-9,14H2/b5-4+. The van der Waals surface area contributed by atoms with E-state index < -0.39 is 0 Å². The molecule has 2 heteroatoms. The zero-order valence-corrected chi connectivity index (χ0v) is 12.0. The van der Waals surface area contributed by atoms with Crippen molar-refractivity contribution in [2.75, 3.05) is 0 Å². The van der Waals surface area contributed by atoms with Crippen LogP contribution in [-0.4, -0.2) is 5.24 Å². The van der Waals surface area contributed by atoms with Crippen LogP contribution in [0.1, 0.15) is 16.7 Å². The van der Waals surface area contributed by atoms with E-state index in [0.29, 0.717) is 6.42 Å². The van der Waals surface area contributed by atoms with E-state index in [1.54, 1.807) is 0 Å². The van der Waals surface area contributed by atoms with Gasteiger partial charge in [0, 0.05) is 6.42 Å². The summed E-state index contributed by atoms with van der Waals surface area (Å²) in [7, 11) is 0. The maximum Gasteiger partial charge on any atom is 0.226 e. The van der Waals surface area contributed by atoms with E-state index in [-0.39, 0.29) is 5.24 Å². The van der Waals surface area contributed by atoms with Crippen LogP contribution in [0.5, 0.6) is 0 Å². The quantitative estimate of drug-likeness (QED) is 0.570. The number of carbonyl (C=O) groups is 1. The minimum Gasteiger partial charge on any atom is -0.281 e. The van der Waals surface area contributed by atoms with Gasteiger partial charge in [-0.15, -0.1) is 0 Å². The van der Waals surface area contributed by atoms with Crippen LogP contribution in [0.3, 0.4) is 0 Å². The summed E-state index contributed by atoms with van der Waals surface area (Å²) in [5.41, 5.74) is 3.52. The minimum atomic E-state index is -0.319. The normalized spacial score (nSPS) is 10.8. The zero-order valence-electron chi connectivity index (χ0n) is 11.3. The second-order valence-corrected chi connectivity index (χ2v) is 5.14. The second-order valence-electron chi connectivity index (χ2n) is 4.71. The van der Waals surface area contributed by atoms with Crippen molar-refractivity contribution >= 4 is 16.8 Å². The molecule has 20 heavy (non-hydrogen) atoms. The molecule has 0 amide bonds. The highest BCUT2D eigenvalue weighted by molar-refractivity contribution is 6.63. The van der Waals surface area contributed by atoms with E-state index in [2.05, 4.69) is 36.4 Å². The molecule has 0 fully saturated rings. The van der Waals surface area contributed by atoms with Gasteiger partial charge in [-0.25, -0.2) is 0 Å². The highest BCUT2D eigenvalue weighted by Crippen LogP contribution is 2.08. The van der Waals surface area contributed by atoms with E-state index in [0.717, 1.165) is 18.4 Å². The van der Waals surface area contributed by atoms with Crippen molar-refractivity contribution in [2.45, 2.75) is 19.3 Å². The van der Waals surface area contributed by atoms with Gasteiger partial charge in [0.15, 0.2) is 0 Å². The summed E-state index contributed by atoms with van der Waals surface area (Å²) in [6, 6.07) is 18.4. The van der Waals surface area contributed by atoms with E-state index in [9.17, 15) is 4.79 Å². The average molecular weight is 285 g/mol. The van der Waals surface area contributed by atoms with Crippen LogP contribution in [0, 0.1) is 0 Å². The first kappa shape index (κ1) is 14.5. The molecule has 102 valence electrons. The largest absolute Gasteiger partial charge is 0.281 e. The van der Waals surface area contributed by atoms with Crippen LogP contribution in [0.4, 0.5) is 0 Å². The molecule has 0 radical (unpaired) electrons. The number of hydrogen-bond donors (Lipinski definition) is 0. The lowest BCUT2D eigenvalue weighted by Crippen LogP contribution is -1.93. The molecule has 0 unspecified atom stereocenters. The fourth-order valence-corrected chi connectivity index (χ4v) is 2.16. The van der Waals surface area contributed by atoms with Gasteiger partial charge in [-0.05, 0) is 41.1 Å². The molecule has 2 rings (SSSR count). The molecule has 0 atom stereocenters. The van der Waals surface area contributed by atoms with Gasteiger partial charge in [0.05, 0.1) is 0 Å². The predicted octanol–water partition coefficient (Wildman–Crippen LogP) is 4.34. The van der Waals surface area contributed by atoms with Crippen molar-refractivity contribution in [3.05, 3.63) is 83.4 Å². The third kappa shape index (κ3) is 5.02. The van der Waals surface area contributed by atoms with Crippen molar-refractivity contribution in [3.8, 4) is 0 Å². The van der Waals surface area contributed by atoms with Crippen LogP contribution in [0.25, 0.3) is 0 Å². The van der Waals surface area contributed by atoms with Crippen LogP contribution in [0.15, 0.2) is 66.7 Å². The van der Waals surface area contributed by atoms with Gasteiger partial charge in [-0.3, -0.25) is 4.79 Å². The van der Waals surface area contributed by atoms with Crippen LogP contribution < -0.4 is 0 Å². The molecule has 0 aliphatic rings. The fraction of sp³-hybridized carbons (Fsp3) is 0.167. The topological polar surface area (TPSA) is 17.1 Å². The molecule has 0 spiro atoms. The SMILES string of the molecule is O=C(Cl)Cc1ccc(C/C=C/Cc2ccccc2)cc1. The molecular formula is C18H17ClO. The monoisotopic (exact) mass is 284 g/mol. The van der Waals surface area contributed by atoms with Crippen LogP contribution in [-0.2, 0) is 24.1 Å². The average Bonchev–Trinajstić information content (AvgIpc) is 2.46. The summed E-state index contributed by atoms with van der Waals surface area (Å²) in [6.07, 6.45) is 6.52. The summed E-state index contributed by atoms with van der Waals surface area (Å²) in [4.78, 5) is 10.8. The van der Waals surface area contributed by atoms with Gasteiger partial charge in [0.25, 0.3) is 0 Å². The Morgan fingerprint density at radius 2 is 1.30 bits per heavy atom. The Balaban J connectivity index is 1.83. The molecule has 0 aliphatic carbocycles. The summed E-state index contributed by atoms with van der Waals surface area (Å²) in [5, 5.41) is -0.319. The second kappa shape index (κ2) is 7.66. The molecule has 0 aromatic heterocycles. The number of halogens is 1. The van der Waals surface area contributed by atoms with Crippen molar-refractivity contribution in [1.29, 1.82) is 0 Å². The van der Waals surface area contributed by atoms with Gasteiger partial charge in [-0.1, -0.05) is 66.7 Å². The maximum atomic E-state index is 10.8. The Morgan fingerprint density at radius 1 is 0.800 bits per heavy atom. The Morgan fingerprint density at radius 3 is 1.85 bits per heavy atom. The lowest BCUT2D eigenvalue weighted by molar-refractivity contribution is -0.111. The molecule has 0 heterocycles. The zero-order chi connectivity index (χ0) is 14.2. The van der Waals surface area contributed by atoms with E-state index >= 15 is 0 Å². The maximum absolute atomic E-state index is 10.8. The summed E-state index contributed by atoms with van der Waals surface area (Å²) >= 11 is 5.36. The van der Waals surface area contributed by atoms with Gasteiger partial charge < -0.3 is 0 Å². The predicted molar refractivity (Wildman–Crippen MR) is 84.0 cm³/mol. The Kier molecular flexibility index (Phi) is 5.57. The summed E-state index contributed by atoms with van der Waals surface area (Å²) < 4.78 is 0. The van der Waals surface area contributed by atoms with Crippen LogP contribution in [0.2, 0.25) is 0 Å². The third-order valence-electron chi connectivity index (χ3n) is 3.08. The molecule has 0 saturated carbocycles. The first-order valence-corrected chi connectivity index (χ1v) is 7.07. The van der Waals surface area contributed by atoms with E-state index in [1.165, 1.54) is 11.1 Å². The highest BCUT2D eigenvalue weighted by Gasteiger charge is 1.99. The molecule has 2 aromatic rings. The minimum absolute atomic E-state index is 0.297. The molecular weight excluding hydrogens is 268 g/mol. The number of allylic oxidation sites excluding steroid dienone is 2. The van der Waals surface area contributed by atoms with Gasteiger partial charge in [0.2, 0.25) is 5.24 Å². The smallest absolute Gasteiger partial charge is 0.226 e. The number of rotatable bonds is 6. The van der Waals surface area contributed by atoms with Gasteiger partial charge >= 0.3 is 0 Å². The molecule has 0 saturated heterocycles. The van der Waals surface area contributed by atoms with Crippen molar-refractivity contribution in [1.82, 2.24) is 0 Å². The molecule has 0 bridgehead atoms. The van der Waals surface area contributed by atoms with Crippen LogP contribution >= 0.6 is 11.6 Å². The Hall–Kier alpha value is -1.86. The van der Waals surface area contributed by atoms with E-state index in [4.69, 9.17) is 11.6 Å². The molecule has 0 N–H and O–H groups in total. The van der Waals surface area contributed by atoms with E-state index in [1.807, 2.05) is 30.3 Å². The van der Waals surface area contributed by atoms with Crippen molar-refractivity contribution in [2.24, 2.45) is 0 Å². The lowest BCUT2D eigenvalue weighted by atomic mass is 10.1. The van der Waals surface area contributed by atoms with Crippen molar-refractivity contribution in [3.63, 3.8) is 0 Å². The molecule has 2 aromatic carbocycles. The number of hydrogen-bond acceptors (Lipinski definition) is 1. The summed E-state index contributed by atoms with van der Waals surface area (Å²) in [5.74, 6) is 0. The van der Waals surface area contributed by atoms with Gasteiger partial charge in [-0.2, -0.15) is 0 Å². The Labute approximate surface area is 124 Å². The Bertz CT molecular complexity index is 570. The van der Waals surface area contributed by atoms with Gasteiger partial charge in [0.1, 0.15) is 0 Å². The first-order chi connectivity index (χ1) is 9.74. The highest BCUT2D eigenvalue weighted by atomic mass is 35.5. The number of carbonyl (C=O) groups excluding carboxylic acids is 1. The first-order valence-electron chi connectivity index (χ1n) is 6.69. The summed E-state index contributed by atoms with van der Waals surface area (Å²) in [6.45, 7) is 0.